The van der Waals surface area contributed by atoms with Crippen LogP contribution in [0.5, 0.6) is 0 Å². The molecule has 0 saturated carbocycles. The minimum Gasteiger partial charge on any atom is -0.463 e. The van der Waals surface area contributed by atoms with E-state index in [2.05, 4.69) is 5.32 Å². The largest absolute Gasteiger partial charge is 0.463 e. The number of amides is 1. The van der Waals surface area contributed by atoms with E-state index >= 15 is 0 Å². The quantitative estimate of drug-likeness (QED) is 0.343. The van der Waals surface area contributed by atoms with Crippen LogP contribution in [0, 0.1) is 10.1 Å². The van der Waals surface area contributed by atoms with Gasteiger partial charge in [0, 0.05) is 17.8 Å². The first-order chi connectivity index (χ1) is 13.2. The highest BCUT2D eigenvalue weighted by atomic mass is 32.1. The summed E-state index contributed by atoms with van der Waals surface area (Å²) in [6, 6.07) is 4.64. The zero-order valence-electron chi connectivity index (χ0n) is 15.9. The summed E-state index contributed by atoms with van der Waals surface area (Å²) in [4.78, 5) is 37.1. The number of carbonyl (C=O) groups is 2. The summed E-state index contributed by atoms with van der Waals surface area (Å²) in [5, 5.41) is 14.0. The van der Waals surface area contributed by atoms with E-state index in [0.717, 1.165) is 4.90 Å². The molecule has 1 aromatic rings. The molecule has 1 N–H and O–H groups in total. The Morgan fingerprint density at radius 2 is 2.07 bits per heavy atom. The summed E-state index contributed by atoms with van der Waals surface area (Å²) >= 11 is 5.29. The van der Waals surface area contributed by atoms with Gasteiger partial charge in [-0.25, -0.2) is 14.5 Å². The molecular weight excluding hydrogens is 386 g/mol. The van der Waals surface area contributed by atoms with E-state index in [1.807, 2.05) is 0 Å². The number of esters is 1. The number of ether oxygens (including phenoxy) is 2. The van der Waals surface area contributed by atoms with Crippen LogP contribution in [0.4, 0.5) is 10.5 Å². The van der Waals surface area contributed by atoms with Gasteiger partial charge in [0.25, 0.3) is 5.69 Å². The number of nitrogens with zero attached hydrogens (tertiary/aromatic N) is 2. The summed E-state index contributed by atoms with van der Waals surface area (Å²) < 4.78 is 10.4. The highest BCUT2D eigenvalue weighted by Crippen LogP contribution is 2.36. The lowest BCUT2D eigenvalue weighted by Crippen LogP contribution is -2.51. The minimum atomic E-state index is -1.03. The Kier molecular flexibility index (Phi) is 6.68. The van der Waals surface area contributed by atoms with Crippen LogP contribution in [0.2, 0.25) is 0 Å². The average Bonchev–Trinajstić information content (AvgIpc) is 2.60. The van der Waals surface area contributed by atoms with Gasteiger partial charge in [-0.3, -0.25) is 10.1 Å². The maximum Gasteiger partial charge on any atom is 0.417 e. The number of nitrogens with one attached hydrogen (secondary N) is 1. The second-order valence-electron chi connectivity index (χ2n) is 6.25. The van der Waals surface area contributed by atoms with Gasteiger partial charge in [-0.05, 0) is 45.5 Å². The van der Waals surface area contributed by atoms with Crippen molar-refractivity contribution >= 4 is 35.1 Å². The number of rotatable bonds is 5. The van der Waals surface area contributed by atoms with Crippen molar-refractivity contribution in [2.24, 2.45) is 0 Å². The molecule has 2 rings (SSSR count). The molecule has 1 heterocycles. The Morgan fingerprint density at radius 1 is 1.39 bits per heavy atom. The molecule has 0 bridgehead atoms. The van der Waals surface area contributed by atoms with Crippen LogP contribution >= 0.6 is 12.2 Å². The molecule has 0 aromatic heterocycles. The van der Waals surface area contributed by atoms with Gasteiger partial charge in [0.15, 0.2) is 5.11 Å². The number of allylic oxidation sites excluding steroid dienone is 1. The molecule has 0 fully saturated rings. The van der Waals surface area contributed by atoms with Crippen LogP contribution in [0.25, 0.3) is 0 Å². The molecule has 9 nitrogen and oxygen atoms in total. The number of hydrogen-bond acceptors (Lipinski definition) is 7. The number of non-ortho nitro benzene ring substituents is 1. The van der Waals surface area contributed by atoms with Crippen molar-refractivity contribution < 1.29 is 24.0 Å². The number of benzene rings is 1. The zero-order valence-corrected chi connectivity index (χ0v) is 16.7. The topological polar surface area (TPSA) is 111 Å². The fourth-order valence-corrected chi connectivity index (χ4v) is 3.12. The molecule has 150 valence electrons. The maximum atomic E-state index is 12.7. The van der Waals surface area contributed by atoms with Crippen molar-refractivity contribution in [1.29, 1.82) is 0 Å². The molecule has 0 aliphatic carbocycles. The van der Waals surface area contributed by atoms with Crippen molar-refractivity contribution in [3.8, 4) is 0 Å². The lowest BCUT2D eigenvalue weighted by molar-refractivity contribution is -0.384. The third-order valence-electron chi connectivity index (χ3n) is 3.87. The van der Waals surface area contributed by atoms with Crippen LogP contribution < -0.4 is 5.32 Å². The molecule has 10 heteroatoms. The molecule has 1 aromatic carbocycles. The second-order valence-corrected chi connectivity index (χ2v) is 6.63. The maximum absolute atomic E-state index is 12.7. The van der Waals surface area contributed by atoms with Crippen molar-refractivity contribution in [2.45, 2.75) is 39.8 Å². The molecule has 0 spiro atoms. The predicted octanol–water partition coefficient (Wildman–Crippen LogP) is 3.21. The van der Waals surface area contributed by atoms with E-state index in [1.54, 1.807) is 33.8 Å². The average molecular weight is 407 g/mol. The SMILES string of the molecule is CCOC(=O)C1=C(C)NC(=S)N(C(=O)OC(C)C)C1c1cccc([N+](=O)[O-])c1. The van der Waals surface area contributed by atoms with Gasteiger partial charge >= 0.3 is 12.1 Å². The Morgan fingerprint density at radius 3 is 2.64 bits per heavy atom. The minimum absolute atomic E-state index is 0.0210. The first-order valence-corrected chi connectivity index (χ1v) is 9.01. The Hall–Kier alpha value is -3.01. The first kappa shape index (κ1) is 21.3. The third kappa shape index (κ3) is 4.45. The fraction of sp³-hybridized carbons (Fsp3) is 0.389. The molecule has 1 atom stereocenters. The summed E-state index contributed by atoms with van der Waals surface area (Å²) in [7, 11) is 0. The second kappa shape index (κ2) is 8.79. The van der Waals surface area contributed by atoms with Crippen LogP contribution in [0.1, 0.15) is 39.3 Å². The van der Waals surface area contributed by atoms with Crippen molar-refractivity contribution in [3.05, 3.63) is 51.2 Å². The zero-order chi connectivity index (χ0) is 21.0. The van der Waals surface area contributed by atoms with Gasteiger partial charge in [0.2, 0.25) is 0 Å². The summed E-state index contributed by atoms with van der Waals surface area (Å²) in [6.07, 6.45) is -1.21. The lowest BCUT2D eigenvalue weighted by Gasteiger charge is -2.37. The van der Waals surface area contributed by atoms with Gasteiger partial charge in [-0.2, -0.15) is 0 Å². The number of hydrogen-bond donors (Lipinski definition) is 1. The molecule has 0 radical (unpaired) electrons. The van der Waals surface area contributed by atoms with Gasteiger partial charge in [0.05, 0.1) is 23.2 Å². The van der Waals surface area contributed by atoms with Gasteiger partial charge in [-0.15, -0.1) is 0 Å². The lowest BCUT2D eigenvalue weighted by atomic mass is 9.94. The summed E-state index contributed by atoms with van der Waals surface area (Å²) in [5.41, 5.74) is 0.673. The van der Waals surface area contributed by atoms with Gasteiger partial charge in [0.1, 0.15) is 6.04 Å². The smallest absolute Gasteiger partial charge is 0.417 e. The highest BCUT2D eigenvalue weighted by Gasteiger charge is 2.41. The van der Waals surface area contributed by atoms with Crippen molar-refractivity contribution in [2.75, 3.05) is 6.61 Å². The molecule has 1 unspecified atom stereocenters. The Bertz CT molecular complexity index is 851. The predicted molar refractivity (Wildman–Crippen MR) is 104 cm³/mol. The molecule has 1 aliphatic heterocycles. The first-order valence-electron chi connectivity index (χ1n) is 8.60. The van der Waals surface area contributed by atoms with E-state index in [9.17, 15) is 19.7 Å². The number of carbonyl (C=O) groups excluding carboxylic acids is 2. The van der Waals surface area contributed by atoms with E-state index in [0.29, 0.717) is 11.3 Å². The summed E-state index contributed by atoms with van der Waals surface area (Å²) in [5.74, 6) is -0.658. The third-order valence-corrected chi connectivity index (χ3v) is 4.17. The summed E-state index contributed by atoms with van der Waals surface area (Å²) in [6.45, 7) is 6.75. The number of thiocarbonyl (C=S) groups is 1. The fourth-order valence-electron chi connectivity index (χ4n) is 2.78. The van der Waals surface area contributed by atoms with Crippen LogP contribution in [-0.4, -0.2) is 39.7 Å². The molecular formula is C18H21N3O6S. The van der Waals surface area contributed by atoms with Gasteiger partial charge < -0.3 is 14.8 Å². The van der Waals surface area contributed by atoms with E-state index in [-0.39, 0.29) is 23.0 Å². The van der Waals surface area contributed by atoms with Crippen LogP contribution in [-0.2, 0) is 14.3 Å². The molecule has 28 heavy (non-hydrogen) atoms. The highest BCUT2D eigenvalue weighted by molar-refractivity contribution is 7.80. The van der Waals surface area contributed by atoms with E-state index in [1.165, 1.54) is 18.2 Å². The number of nitro benzene ring substituents is 1. The van der Waals surface area contributed by atoms with Gasteiger partial charge in [-0.1, -0.05) is 12.1 Å². The van der Waals surface area contributed by atoms with Crippen molar-refractivity contribution in [3.63, 3.8) is 0 Å². The Labute approximate surface area is 167 Å². The van der Waals surface area contributed by atoms with Crippen LogP contribution in [0.15, 0.2) is 35.5 Å². The standard InChI is InChI=1S/C18H21N3O6S/c1-5-26-16(22)14-11(4)19-17(28)20(18(23)27-10(2)3)15(14)12-7-6-8-13(9-12)21(24)25/h6-10,15H,5H2,1-4H3,(H,19,28). The molecule has 0 saturated heterocycles. The molecule has 1 aliphatic rings. The van der Waals surface area contributed by atoms with Crippen molar-refractivity contribution in [1.82, 2.24) is 10.2 Å². The molecule has 1 amide bonds. The van der Waals surface area contributed by atoms with E-state index in [4.69, 9.17) is 21.7 Å². The van der Waals surface area contributed by atoms with E-state index < -0.39 is 29.1 Å². The number of nitro groups is 1. The Balaban J connectivity index is 2.66. The monoisotopic (exact) mass is 407 g/mol. The normalized spacial score (nSPS) is 16.7. The van der Waals surface area contributed by atoms with Crippen LogP contribution in [0.3, 0.4) is 0 Å².